The van der Waals surface area contributed by atoms with Crippen molar-refractivity contribution in [2.45, 2.75) is 31.9 Å². The van der Waals surface area contributed by atoms with Crippen molar-refractivity contribution in [1.82, 2.24) is 10.3 Å². The molecule has 1 amide bonds. The number of carboxylic acids is 1. The van der Waals surface area contributed by atoms with Gasteiger partial charge in [0, 0.05) is 29.1 Å². The van der Waals surface area contributed by atoms with Crippen molar-refractivity contribution in [2.75, 3.05) is 0 Å². The number of hydrogen-bond donors (Lipinski definition) is 4. The lowest BCUT2D eigenvalue weighted by molar-refractivity contribution is -0.145. The molecule has 0 saturated heterocycles. The minimum Gasteiger partial charge on any atom is -0.480 e. The molecule has 2 aromatic rings. The maximum Gasteiger partial charge on any atom is 0.329 e. The topological polar surface area (TPSA) is 102 Å². The van der Waals surface area contributed by atoms with Crippen molar-refractivity contribution in [3.63, 3.8) is 0 Å². The molecule has 0 saturated carbocycles. The number of para-hydroxylation sites is 1. The highest BCUT2D eigenvalue weighted by atomic mass is 16.4. The molecule has 1 heterocycles. The minimum atomic E-state index is -1.37. The van der Waals surface area contributed by atoms with Gasteiger partial charge in [0.1, 0.15) is 6.10 Å². The van der Waals surface area contributed by atoms with Crippen LogP contribution < -0.4 is 5.32 Å². The fourth-order valence-corrected chi connectivity index (χ4v) is 2.27. The Morgan fingerprint density at radius 3 is 2.71 bits per heavy atom. The molecule has 2 rings (SSSR count). The van der Waals surface area contributed by atoms with Gasteiger partial charge in [-0.1, -0.05) is 25.1 Å². The summed E-state index contributed by atoms with van der Waals surface area (Å²) in [5.41, 5.74) is 1.25. The molecule has 2 atom stereocenters. The first kappa shape index (κ1) is 15.1. The van der Waals surface area contributed by atoms with Gasteiger partial charge in [0.2, 0.25) is 5.91 Å². The van der Waals surface area contributed by atoms with Crippen LogP contribution in [-0.4, -0.2) is 33.1 Å². The normalized spacial score (nSPS) is 13.8. The Morgan fingerprint density at radius 2 is 2.05 bits per heavy atom. The van der Waals surface area contributed by atoms with Gasteiger partial charge >= 0.3 is 5.97 Å². The van der Waals surface area contributed by atoms with E-state index in [9.17, 15) is 19.8 Å². The van der Waals surface area contributed by atoms with Crippen LogP contribution in [0.4, 0.5) is 0 Å². The van der Waals surface area contributed by atoms with E-state index >= 15 is 0 Å². The van der Waals surface area contributed by atoms with Crippen molar-refractivity contribution < 1.29 is 19.8 Å². The first-order valence-corrected chi connectivity index (χ1v) is 6.80. The molecule has 0 aliphatic heterocycles. The highest BCUT2D eigenvalue weighted by Gasteiger charge is 2.30. The molecule has 1 aromatic carbocycles. The van der Waals surface area contributed by atoms with Crippen molar-refractivity contribution >= 4 is 22.8 Å². The molecule has 6 nitrogen and oxygen atoms in total. The van der Waals surface area contributed by atoms with Gasteiger partial charge in [0.05, 0.1) is 0 Å². The summed E-state index contributed by atoms with van der Waals surface area (Å²) in [5, 5.41) is 22.7. The average molecular weight is 290 g/mol. The molecule has 21 heavy (non-hydrogen) atoms. The molecule has 0 spiro atoms. The summed E-state index contributed by atoms with van der Waals surface area (Å²) < 4.78 is 0. The summed E-state index contributed by atoms with van der Waals surface area (Å²) in [6, 6.07) is 5.89. The number of aliphatic hydroxyl groups excluding tert-OH is 1. The number of carbonyl (C=O) groups excluding carboxylic acids is 1. The quantitative estimate of drug-likeness (QED) is 0.648. The van der Waals surface area contributed by atoms with E-state index in [2.05, 4.69) is 10.3 Å². The summed E-state index contributed by atoms with van der Waals surface area (Å²) >= 11 is 0. The molecule has 4 N–H and O–H groups in total. The lowest BCUT2D eigenvalue weighted by Gasteiger charge is -2.20. The second-order valence-corrected chi connectivity index (χ2v) is 4.87. The molecular weight excluding hydrogens is 272 g/mol. The van der Waals surface area contributed by atoms with Crippen LogP contribution in [0.1, 0.15) is 31.4 Å². The van der Waals surface area contributed by atoms with E-state index in [0.29, 0.717) is 12.0 Å². The monoisotopic (exact) mass is 290 g/mol. The second kappa shape index (κ2) is 6.41. The number of aromatic nitrogens is 1. The Kier molecular flexibility index (Phi) is 4.59. The van der Waals surface area contributed by atoms with Gasteiger partial charge in [-0.15, -0.1) is 0 Å². The van der Waals surface area contributed by atoms with E-state index in [1.54, 1.807) is 18.3 Å². The van der Waals surface area contributed by atoms with E-state index in [1.165, 1.54) is 0 Å². The number of aromatic amines is 1. The number of hydrogen-bond acceptors (Lipinski definition) is 3. The van der Waals surface area contributed by atoms with Crippen molar-refractivity contribution in [2.24, 2.45) is 0 Å². The lowest BCUT2D eigenvalue weighted by Crippen LogP contribution is -2.44. The number of benzene rings is 1. The van der Waals surface area contributed by atoms with E-state index in [4.69, 9.17) is 0 Å². The van der Waals surface area contributed by atoms with Gasteiger partial charge in [-0.25, -0.2) is 4.79 Å². The Morgan fingerprint density at radius 1 is 1.33 bits per heavy atom. The zero-order valence-electron chi connectivity index (χ0n) is 11.7. The fraction of sp³-hybridized carbons (Fsp3) is 0.333. The average Bonchev–Trinajstić information content (AvgIpc) is 2.88. The smallest absolute Gasteiger partial charge is 0.329 e. The largest absolute Gasteiger partial charge is 0.480 e. The van der Waals surface area contributed by atoms with Crippen LogP contribution >= 0.6 is 0 Å². The van der Waals surface area contributed by atoms with E-state index in [0.717, 1.165) is 10.9 Å². The number of rotatable bonds is 6. The van der Waals surface area contributed by atoms with E-state index in [1.807, 2.05) is 19.1 Å². The molecule has 0 aliphatic carbocycles. The number of H-pyrrole nitrogens is 1. The van der Waals surface area contributed by atoms with Crippen LogP contribution in [0.15, 0.2) is 30.5 Å². The maximum atomic E-state index is 11.6. The first-order valence-electron chi connectivity index (χ1n) is 6.80. The predicted molar refractivity (Wildman–Crippen MR) is 77.7 cm³/mol. The third kappa shape index (κ3) is 3.22. The number of aliphatic hydroxyl groups is 1. The van der Waals surface area contributed by atoms with Crippen LogP contribution in [0, 0.1) is 0 Å². The van der Waals surface area contributed by atoms with Crippen LogP contribution in [0.5, 0.6) is 0 Å². The molecule has 0 fully saturated rings. The number of carboxylic acid groups (broad SMARTS) is 1. The molecule has 6 heteroatoms. The van der Waals surface area contributed by atoms with Gasteiger partial charge in [-0.05, 0) is 12.5 Å². The van der Waals surface area contributed by atoms with Gasteiger partial charge in [0.25, 0.3) is 0 Å². The summed E-state index contributed by atoms with van der Waals surface area (Å²) in [6.45, 7) is 1.82. The van der Waals surface area contributed by atoms with E-state index in [-0.39, 0.29) is 12.3 Å². The molecule has 0 radical (unpaired) electrons. The molecule has 0 aliphatic rings. The number of carbonyl (C=O) groups is 2. The molecular formula is C15H18N2O4. The van der Waals surface area contributed by atoms with Crippen LogP contribution in [0.3, 0.4) is 0 Å². The van der Waals surface area contributed by atoms with Crippen molar-refractivity contribution in [3.05, 3.63) is 36.0 Å². The van der Waals surface area contributed by atoms with Gasteiger partial charge in [0.15, 0.2) is 6.04 Å². The Balaban J connectivity index is 2.28. The standard InChI is InChI=1S/C15H18N2O4/c1-2-5-12(18)17-13(15(20)21)14(19)10-8-16-11-7-4-3-6-9(10)11/h3-4,6-8,13-14,16,19H,2,5H2,1H3,(H,17,18)(H,20,21). The highest BCUT2D eigenvalue weighted by molar-refractivity contribution is 5.87. The number of aliphatic carboxylic acids is 1. The van der Waals surface area contributed by atoms with Crippen LogP contribution in [0.2, 0.25) is 0 Å². The summed E-state index contributed by atoms with van der Waals surface area (Å²) in [7, 11) is 0. The molecule has 112 valence electrons. The molecule has 0 bridgehead atoms. The fourth-order valence-electron chi connectivity index (χ4n) is 2.27. The van der Waals surface area contributed by atoms with Gasteiger partial charge < -0.3 is 20.5 Å². The maximum absolute atomic E-state index is 11.6. The summed E-state index contributed by atoms with van der Waals surface area (Å²) in [4.78, 5) is 25.9. The van der Waals surface area contributed by atoms with Crippen LogP contribution in [0.25, 0.3) is 10.9 Å². The molecule has 1 aromatic heterocycles. The Labute approximate surface area is 121 Å². The summed E-state index contributed by atoms with van der Waals surface area (Å²) in [6.07, 6.45) is 1.09. The van der Waals surface area contributed by atoms with Crippen molar-refractivity contribution in [1.29, 1.82) is 0 Å². The van der Waals surface area contributed by atoms with Crippen molar-refractivity contribution in [3.8, 4) is 0 Å². The summed E-state index contributed by atoms with van der Waals surface area (Å²) in [5.74, 6) is -1.65. The van der Waals surface area contributed by atoms with Crippen LogP contribution in [-0.2, 0) is 9.59 Å². The second-order valence-electron chi connectivity index (χ2n) is 4.87. The zero-order chi connectivity index (χ0) is 15.4. The highest BCUT2D eigenvalue weighted by Crippen LogP contribution is 2.26. The first-order chi connectivity index (χ1) is 10.0. The van der Waals surface area contributed by atoms with Gasteiger partial charge in [-0.3, -0.25) is 4.79 Å². The third-order valence-electron chi connectivity index (χ3n) is 3.32. The Hall–Kier alpha value is -2.34. The number of nitrogens with one attached hydrogen (secondary N) is 2. The predicted octanol–water partition coefficient (Wildman–Crippen LogP) is 1.57. The van der Waals surface area contributed by atoms with Gasteiger partial charge in [-0.2, -0.15) is 0 Å². The molecule has 2 unspecified atom stereocenters. The SMILES string of the molecule is CCCC(=O)NC(C(=O)O)C(O)c1c[nH]c2ccccc12. The minimum absolute atomic E-state index is 0.227. The third-order valence-corrected chi connectivity index (χ3v) is 3.32. The number of fused-ring (bicyclic) bond motifs is 1. The van der Waals surface area contributed by atoms with E-state index < -0.39 is 18.1 Å². The Bertz CT molecular complexity index is 650. The lowest BCUT2D eigenvalue weighted by atomic mass is 10.0. The zero-order valence-corrected chi connectivity index (χ0v) is 11.7. The number of amides is 1.